The minimum absolute atomic E-state index is 0.243. The summed E-state index contributed by atoms with van der Waals surface area (Å²) >= 11 is 3.03. The van der Waals surface area contributed by atoms with E-state index < -0.39 is 0 Å². The van der Waals surface area contributed by atoms with E-state index in [0.717, 1.165) is 21.4 Å². The predicted molar refractivity (Wildman–Crippen MR) is 119 cm³/mol. The molecule has 0 saturated carbocycles. The second-order valence-corrected chi connectivity index (χ2v) is 8.49. The summed E-state index contributed by atoms with van der Waals surface area (Å²) in [5, 5.41) is 2.83. The summed E-state index contributed by atoms with van der Waals surface area (Å²) in [5.41, 5.74) is 7.06. The van der Waals surface area contributed by atoms with Crippen LogP contribution in [0.5, 0.6) is 11.5 Å². The van der Waals surface area contributed by atoms with Crippen molar-refractivity contribution in [2.45, 2.75) is 28.9 Å². The van der Waals surface area contributed by atoms with Crippen LogP contribution in [0, 0.1) is 0 Å². The molecule has 4 rings (SSSR count). The molecule has 1 aliphatic rings. The Morgan fingerprint density at radius 2 is 2.03 bits per heavy atom. The van der Waals surface area contributed by atoms with Crippen LogP contribution in [0.1, 0.15) is 12.7 Å². The number of thioether (sulfide) groups is 1. The van der Waals surface area contributed by atoms with E-state index in [1.807, 2.05) is 59.7 Å². The molecular weight excluding hydrogens is 418 g/mol. The fourth-order valence-corrected chi connectivity index (χ4v) is 4.51. The van der Waals surface area contributed by atoms with Gasteiger partial charge in [-0.05, 0) is 30.5 Å². The summed E-state index contributed by atoms with van der Waals surface area (Å²) in [6.45, 7) is 2.37. The third-order valence-electron chi connectivity index (χ3n) is 4.20. The third kappa shape index (κ3) is 4.76. The molecule has 1 aromatic carbocycles. The van der Waals surface area contributed by atoms with Crippen LogP contribution in [0.3, 0.4) is 0 Å². The van der Waals surface area contributed by atoms with Gasteiger partial charge < -0.3 is 20.1 Å². The smallest absolute Gasteiger partial charge is 0.178 e. The first-order chi connectivity index (χ1) is 14.6. The highest BCUT2D eigenvalue weighted by Crippen LogP contribution is 2.41. The van der Waals surface area contributed by atoms with Crippen LogP contribution in [-0.4, -0.2) is 27.6 Å². The second kappa shape index (κ2) is 9.48. The average molecular weight is 440 g/mol. The number of methoxy groups -OCH3 is 1. The summed E-state index contributed by atoms with van der Waals surface area (Å²) in [4.78, 5) is 16.3. The number of ether oxygens (including phenoxy) is 2. The number of allylic oxidation sites excluding steroid dienone is 1. The molecule has 1 unspecified atom stereocenters. The molecule has 30 heavy (non-hydrogen) atoms. The Hall–Kier alpha value is -2.59. The Labute approximate surface area is 183 Å². The van der Waals surface area contributed by atoms with Gasteiger partial charge in [0.15, 0.2) is 17.4 Å². The van der Waals surface area contributed by atoms with Gasteiger partial charge in [-0.25, -0.2) is 15.0 Å². The molecule has 1 aliphatic heterocycles. The number of hydrogen-bond acceptors (Lipinski definition) is 9. The quantitative estimate of drug-likeness (QED) is 0.530. The number of para-hydroxylation sites is 1. The molecule has 1 atom stereocenters. The van der Waals surface area contributed by atoms with E-state index in [9.17, 15) is 0 Å². The number of hydrogen-bond donors (Lipinski definition) is 1. The molecule has 3 aromatic rings. The van der Waals surface area contributed by atoms with Crippen LogP contribution >= 0.6 is 23.5 Å². The fraction of sp³-hybridized carbons (Fsp3) is 0.190. The van der Waals surface area contributed by atoms with Gasteiger partial charge in [0.1, 0.15) is 22.9 Å². The van der Waals surface area contributed by atoms with Gasteiger partial charge in [0.2, 0.25) is 0 Å². The number of anilines is 1. The van der Waals surface area contributed by atoms with Gasteiger partial charge >= 0.3 is 0 Å². The number of nitrogens with zero attached hydrogens (tertiary/aromatic N) is 4. The van der Waals surface area contributed by atoms with E-state index in [2.05, 4.69) is 9.97 Å². The first-order valence-corrected chi connectivity index (χ1v) is 11.0. The first-order valence-electron chi connectivity index (χ1n) is 9.23. The second-order valence-electron chi connectivity index (χ2n) is 6.41. The van der Waals surface area contributed by atoms with Crippen LogP contribution < -0.4 is 15.4 Å². The highest BCUT2D eigenvalue weighted by Gasteiger charge is 2.27. The zero-order valence-corrected chi connectivity index (χ0v) is 18.2. The van der Waals surface area contributed by atoms with Gasteiger partial charge in [-0.3, -0.25) is 0 Å². The molecule has 0 aliphatic carbocycles. The van der Waals surface area contributed by atoms with Crippen LogP contribution in [-0.2, 0) is 11.3 Å². The van der Waals surface area contributed by atoms with Gasteiger partial charge in [0.05, 0.1) is 0 Å². The maximum Gasteiger partial charge on any atom is 0.178 e. The van der Waals surface area contributed by atoms with Crippen molar-refractivity contribution in [1.82, 2.24) is 15.0 Å². The third-order valence-corrected chi connectivity index (χ3v) is 6.06. The van der Waals surface area contributed by atoms with Crippen molar-refractivity contribution in [1.29, 1.82) is 0 Å². The van der Waals surface area contributed by atoms with E-state index in [4.69, 9.17) is 20.2 Å². The lowest BCUT2D eigenvalue weighted by molar-refractivity contribution is 0.177. The largest absolute Gasteiger partial charge is 0.453 e. The van der Waals surface area contributed by atoms with E-state index in [-0.39, 0.29) is 5.50 Å². The summed E-state index contributed by atoms with van der Waals surface area (Å²) in [6, 6.07) is 13.4. The summed E-state index contributed by atoms with van der Waals surface area (Å²) < 4.78 is 11.3. The van der Waals surface area contributed by atoms with E-state index in [1.165, 1.54) is 11.8 Å². The highest BCUT2D eigenvalue weighted by molar-refractivity contribution is 8.03. The Morgan fingerprint density at radius 3 is 2.77 bits per heavy atom. The molecule has 0 saturated heterocycles. The Bertz CT molecular complexity index is 1050. The molecule has 7 nitrogen and oxygen atoms in total. The van der Waals surface area contributed by atoms with Crippen molar-refractivity contribution in [3.63, 3.8) is 0 Å². The molecule has 2 N–H and O–H groups in total. The fourth-order valence-electron chi connectivity index (χ4n) is 2.88. The molecule has 0 fully saturated rings. The van der Waals surface area contributed by atoms with Gasteiger partial charge in [-0.15, -0.1) is 0 Å². The molecule has 9 heteroatoms. The molecule has 154 valence electrons. The lowest BCUT2D eigenvalue weighted by Crippen LogP contribution is -2.35. The van der Waals surface area contributed by atoms with Gasteiger partial charge in [-0.1, -0.05) is 41.7 Å². The number of rotatable bonds is 7. The monoisotopic (exact) mass is 439 g/mol. The van der Waals surface area contributed by atoms with Gasteiger partial charge in [-0.2, -0.15) is 0 Å². The summed E-state index contributed by atoms with van der Waals surface area (Å²) in [6.07, 6.45) is 3.53. The predicted octanol–water partition coefficient (Wildman–Crippen LogP) is 4.62. The maximum atomic E-state index is 6.28. The Morgan fingerprint density at radius 1 is 1.20 bits per heavy atom. The SMILES string of the molecule is COCc1nccc(Sc2cnc(N3C(C)=CSC3N)c(Oc3ccccc3)c2)n1. The summed E-state index contributed by atoms with van der Waals surface area (Å²) in [7, 11) is 1.62. The van der Waals surface area contributed by atoms with Crippen molar-refractivity contribution in [3.05, 3.63) is 71.8 Å². The van der Waals surface area contributed by atoms with E-state index in [0.29, 0.717) is 24.0 Å². The molecule has 2 aromatic heterocycles. The van der Waals surface area contributed by atoms with Crippen LogP contribution in [0.15, 0.2) is 75.9 Å². The minimum Gasteiger partial charge on any atom is -0.453 e. The highest BCUT2D eigenvalue weighted by atomic mass is 32.2. The van der Waals surface area contributed by atoms with Crippen molar-refractivity contribution in [3.8, 4) is 11.5 Å². The summed E-state index contributed by atoms with van der Waals surface area (Å²) in [5.74, 6) is 2.67. The zero-order valence-electron chi connectivity index (χ0n) is 16.6. The lowest BCUT2D eigenvalue weighted by Gasteiger charge is -2.26. The van der Waals surface area contributed by atoms with Crippen LogP contribution in [0.4, 0.5) is 5.82 Å². The number of benzene rings is 1. The molecule has 0 radical (unpaired) electrons. The maximum absolute atomic E-state index is 6.28. The van der Waals surface area contributed by atoms with E-state index >= 15 is 0 Å². The van der Waals surface area contributed by atoms with Crippen molar-refractivity contribution in [2.75, 3.05) is 12.0 Å². The van der Waals surface area contributed by atoms with Crippen LogP contribution in [0.25, 0.3) is 0 Å². The van der Waals surface area contributed by atoms with Gasteiger partial charge in [0.25, 0.3) is 0 Å². The molecule has 0 amide bonds. The van der Waals surface area contributed by atoms with E-state index in [1.54, 1.807) is 31.3 Å². The van der Waals surface area contributed by atoms with Crippen molar-refractivity contribution >= 4 is 29.3 Å². The Balaban J connectivity index is 1.67. The topological polar surface area (TPSA) is 86.4 Å². The first kappa shape index (κ1) is 20.7. The standard InChI is InChI=1S/C21H21N5O2S2/c1-14-13-29-21(22)26(14)20-17(28-15-6-4-3-5-7-15)10-16(11-24-20)30-19-8-9-23-18(25-19)12-27-2/h3-11,13,21H,12,22H2,1-2H3. The molecule has 0 bridgehead atoms. The van der Waals surface area contributed by atoms with Crippen LogP contribution in [0.2, 0.25) is 0 Å². The molecule has 3 heterocycles. The normalized spacial score (nSPS) is 15.9. The van der Waals surface area contributed by atoms with Crippen molar-refractivity contribution in [2.24, 2.45) is 5.73 Å². The Kier molecular flexibility index (Phi) is 6.53. The zero-order chi connectivity index (χ0) is 20.9. The number of pyridine rings is 1. The average Bonchev–Trinajstić information content (AvgIpc) is 3.08. The van der Waals surface area contributed by atoms with Crippen molar-refractivity contribution < 1.29 is 9.47 Å². The minimum atomic E-state index is -0.243. The lowest BCUT2D eigenvalue weighted by atomic mass is 10.3. The van der Waals surface area contributed by atoms with Gasteiger partial charge in [0, 0.05) is 36.2 Å². The molecular formula is C21H21N5O2S2. The number of aromatic nitrogens is 3. The number of nitrogens with two attached hydrogens (primary N) is 1. The molecule has 0 spiro atoms.